The number of hydrogen-bond donors (Lipinski definition) is 3. The number of aliphatic imine (C=N–C) groups is 1. The summed E-state index contributed by atoms with van der Waals surface area (Å²) in [6, 6.07) is 18.1. The summed E-state index contributed by atoms with van der Waals surface area (Å²) in [5.74, 6) is 0.382. The molecule has 0 atom stereocenters. The molecular formula is C18H20N4O. The van der Waals surface area contributed by atoms with Crippen LogP contribution in [-0.2, 0) is 17.9 Å². The number of H-pyrrole nitrogens is 1. The fraction of sp³-hybridized carbons (Fsp3) is 0.167. The van der Waals surface area contributed by atoms with E-state index in [9.17, 15) is 0 Å². The highest BCUT2D eigenvalue weighted by atomic mass is 16.5. The van der Waals surface area contributed by atoms with Crippen LogP contribution in [0, 0.1) is 0 Å². The number of methoxy groups -OCH3 is 1. The monoisotopic (exact) mass is 308 g/mol. The molecule has 0 aliphatic rings. The molecule has 0 radical (unpaired) electrons. The molecule has 0 spiro atoms. The Labute approximate surface area is 135 Å². The van der Waals surface area contributed by atoms with E-state index in [1.165, 1.54) is 5.39 Å². The molecule has 4 N–H and O–H groups in total. The molecule has 0 fully saturated rings. The van der Waals surface area contributed by atoms with Crippen molar-refractivity contribution in [1.82, 2.24) is 4.98 Å². The molecule has 5 nitrogen and oxygen atoms in total. The molecular weight excluding hydrogens is 288 g/mol. The standard InChI is InChI=1S/C18H20N4O/c1-23-12-14-7-3-5-9-17(14)22-18(19)20-11-15-10-13-6-2-4-8-16(13)21-15/h2-10,21H,11-12H2,1H3,(H3,19,20,22). The second kappa shape index (κ2) is 6.98. The molecule has 0 saturated heterocycles. The molecule has 5 heteroatoms. The average Bonchev–Trinajstić information content (AvgIpc) is 2.98. The number of fused-ring (bicyclic) bond motifs is 1. The zero-order chi connectivity index (χ0) is 16.1. The van der Waals surface area contributed by atoms with Crippen LogP contribution >= 0.6 is 0 Å². The summed E-state index contributed by atoms with van der Waals surface area (Å²) in [5.41, 5.74) is 10.1. The zero-order valence-electron chi connectivity index (χ0n) is 13.0. The van der Waals surface area contributed by atoms with Crippen molar-refractivity contribution in [3.8, 4) is 0 Å². The number of para-hydroxylation sites is 2. The maximum Gasteiger partial charge on any atom is 0.193 e. The number of anilines is 1. The summed E-state index contributed by atoms with van der Waals surface area (Å²) in [6.07, 6.45) is 0. The van der Waals surface area contributed by atoms with E-state index in [4.69, 9.17) is 10.5 Å². The summed E-state index contributed by atoms with van der Waals surface area (Å²) in [4.78, 5) is 7.73. The van der Waals surface area contributed by atoms with Crippen LogP contribution in [0.5, 0.6) is 0 Å². The number of nitrogens with zero attached hydrogens (tertiary/aromatic N) is 1. The van der Waals surface area contributed by atoms with Crippen molar-refractivity contribution in [3.63, 3.8) is 0 Å². The lowest BCUT2D eigenvalue weighted by Crippen LogP contribution is -2.23. The average molecular weight is 308 g/mol. The Hall–Kier alpha value is -2.79. The molecule has 0 aliphatic carbocycles. The van der Waals surface area contributed by atoms with Crippen molar-refractivity contribution in [1.29, 1.82) is 0 Å². The van der Waals surface area contributed by atoms with Gasteiger partial charge in [-0.15, -0.1) is 0 Å². The summed E-state index contributed by atoms with van der Waals surface area (Å²) in [6.45, 7) is 1.03. The van der Waals surface area contributed by atoms with E-state index in [0.29, 0.717) is 19.1 Å². The zero-order valence-corrected chi connectivity index (χ0v) is 13.0. The Morgan fingerprint density at radius 2 is 1.96 bits per heavy atom. The third-order valence-corrected chi connectivity index (χ3v) is 3.59. The Bertz CT molecular complexity index is 790. The first-order valence-electron chi connectivity index (χ1n) is 7.46. The molecule has 0 saturated carbocycles. The van der Waals surface area contributed by atoms with Gasteiger partial charge in [0, 0.05) is 29.6 Å². The molecule has 23 heavy (non-hydrogen) atoms. The van der Waals surface area contributed by atoms with Crippen molar-refractivity contribution in [2.45, 2.75) is 13.2 Å². The summed E-state index contributed by atoms with van der Waals surface area (Å²) in [5, 5.41) is 4.31. The number of aromatic amines is 1. The molecule has 0 unspecified atom stereocenters. The number of rotatable bonds is 5. The third-order valence-electron chi connectivity index (χ3n) is 3.59. The highest BCUT2D eigenvalue weighted by Gasteiger charge is 2.03. The van der Waals surface area contributed by atoms with Crippen LogP contribution in [0.2, 0.25) is 0 Å². The Morgan fingerprint density at radius 3 is 2.78 bits per heavy atom. The second-order valence-electron chi connectivity index (χ2n) is 5.30. The van der Waals surface area contributed by atoms with E-state index in [2.05, 4.69) is 27.4 Å². The summed E-state index contributed by atoms with van der Waals surface area (Å²) < 4.78 is 5.19. The summed E-state index contributed by atoms with van der Waals surface area (Å²) in [7, 11) is 1.67. The number of nitrogens with one attached hydrogen (secondary N) is 2. The van der Waals surface area contributed by atoms with Gasteiger partial charge in [-0.05, 0) is 23.6 Å². The minimum Gasteiger partial charge on any atom is -0.380 e. The second-order valence-corrected chi connectivity index (χ2v) is 5.30. The van der Waals surface area contributed by atoms with Gasteiger partial charge < -0.3 is 20.8 Å². The van der Waals surface area contributed by atoms with Crippen LogP contribution in [0.25, 0.3) is 10.9 Å². The van der Waals surface area contributed by atoms with Gasteiger partial charge in [0.15, 0.2) is 5.96 Å². The SMILES string of the molecule is COCc1ccccc1NC(N)=NCc1cc2ccccc2[nH]1. The summed E-state index contributed by atoms with van der Waals surface area (Å²) >= 11 is 0. The minimum absolute atomic E-state index is 0.382. The van der Waals surface area contributed by atoms with Crippen molar-refractivity contribution >= 4 is 22.5 Å². The van der Waals surface area contributed by atoms with Crippen molar-refractivity contribution in [2.75, 3.05) is 12.4 Å². The topological polar surface area (TPSA) is 75.4 Å². The molecule has 3 rings (SSSR count). The van der Waals surface area contributed by atoms with Gasteiger partial charge >= 0.3 is 0 Å². The van der Waals surface area contributed by atoms with Crippen LogP contribution in [0.4, 0.5) is 5.69 Å². The normalized spacial score (nSPS) is 11.8. The van der Waals surface area contributed by atoms with E-state index in [1.807, 2.05) is 42.5 Å². The number of ether oxygens (including phenoxy) is 1. The number of benzene rings is 2. The fourth-order valence-corrected chi connectivity index (χ4v) is 2.49. The molecule has 3 aromatic rings. The quantitative estimate of drug-likeness (QED) is 0.500. The van der Waals surface area contributed by atoms with Crippen LogP contribution < -0.4 is 11.1 Å². The largest absolute Gasteiger partial charge is 0.380 e. The number of nitrogens with two attached hydrogens (primary N) is 1. The van der Waals surface area contributed by atoms with Gasteiger partial charge in [0.05, 0.1) is 13.2 Å². The van der Waals surface area contributed by atoms with Gasteiger partial charge in [-0.1, -0.05) is 36.4 Å². The lowest BCUT2D eigenvalue weighted by Gasteiger charge is -2.10. The molecule has 0 aliphatic heterocycles. The van der Waals surface area contributed by atoms with E-state index >= 15 is 0 Å². The van der Waals surface area contributed by atoms with E-state index in [1.54, 1.807) is 7.11 Å². The van der Waals surface area contributed by atoms with Crippen LogP contribution in [0.1, 0.15) is 11.3 Å². The Balaban J connectivity index is 1.70. The lowest BCUT2D eigenvalue weighted by molar-refractivity contribution is 0.185. The van der Waals surface area contributed by atoms with Gasteiger partial charge in [0.25, 0.3) is 0 Å². The van der Waals surface area contributed by atoms with Crippen LogP contribution in [0.3, 0.4) is 0 Å². The molecule has 0 amide bonds. The van der Waals surface area contributed by atoms with Crippen LogP contribution in [0.15, 0.2) is 59.6 Å². The molecule has 2 aromatic carbocycles. The van der Waals surface area contributed by atoms with Gasteiger partial charge in [0.2, 0.25) is 0 Å². The Kier molecular flexibility index (Phi) is 4.59. The first kappa shape index (κ1) is 15.1. The van der Waals surface area contributed by atoms with Crippen molar-refractivity contribution in [2.24, 2.45) is 10.7 Å². The fourth-order valence-electron chi connectivity index (χ4n) is 2.49. The first-order chi connectivity index (χ1) is 11.3. The maximum absolute atomic E-state index is 6.00. The predicted molar refractivity (Wildman–Crippen MR) is 94.4 cm³/mol. The van der Waals surface area contributed by atoms with Gasteiger partial charge in [-0.2, -0.15) is 0 Å². The highest BCUT2D eigenvalue weighted by molar-refractivity contribution is 5.93. The highest BCUT2D eigenvalue weighted by Crippen LogP contribution is 2.17. The molecule has 1 heterocycles. The smallest absolute Gasteiger partial charge is 0.193 e. The van der Waals surface area contributed by atoms with Gasteiger partial charge in [0.1, 0.15) is 0 Å². The van der Waals surface area contributed by atoms with Crippen molar-refractivity contribution in [3.05, 3.63) is 65.9 Å². The number of aromatic nitrogens is 1. The third kappa shape index (κ3) is 3.70. The molecule has 1 aromatic heterocycles. The van der Waals surface area contributed by atoms with Crippen LogP contribution in [-0.4, -0.2) is 18.1 Å². The van der Waals surface area contributed by atoms with E-state index < -0.39 is 0 Å². The van der Waals surface area contributed by atoms with E-state index in [0.717, 1.165) is 22.5 Å². The number of guanidine groups is 1. The predicted octanol–water partition coefficient (Wildman–Crippen LogP) is 3.24. The minimum atomic E-state index is 0.382. The van der Waals surface area contributed by atoms with E-state index in [-0.39, 0.29) is 0 Å². The maximum atomic E-state index is 6.00. The Morgan fingerprint density at radius 1 is 1.17 bits per heavy atom. The molecule has 0 bridgehead atoms. The van der Waals surface area contributed by atoms with Gasteiger partial charge in [-0.3, -0.25) is 0 Å². The molecule has 118 valence electrons. The van der Waals surface area contributed by atoms with Crippen molar-refractivity contribution < 1.29 is 4.74 Å². The first-order valence-corrected chi connectivity index (χ1v) is 7.46. The number of hydrogen-bond acceptors (Lipinski definition) is 2. The lowest BCUT2D eigenvalue weighted by atomic mass is 10.2. The van der Waals surface area contributed by atoms with Gasteiger partial charge in [-0.25, -0.2) is 4.99 Å².